The molecule has 3 aromatic carbocycles. The molecule has 0 saturated carbocycles. The van der Waals surface area contributed by atoms with Crippen molar-refractivity contribution in [1.82, 2.24) is 64.9 Å². The number of anilines is 2. The number of alkyl carbamates (subject to hydrolysis) is 1. The number of nitrogens with one attached hydrogen (secondary N) is 6. The Bertz CT molecular complexity index is 4090. The molecule has 8 aromatic rings. The van der Waals surface area contributed by atoms with Gasteiger partial charge in [0.2, 0.25) is 35.5 Å². The lowest BCUT2D eigenvalue weighted by molar-refractivity contribution is -0.128. The Kier molecular flexibility index (Phi) is 22.2. The molecule has 2 atom stereocenters. The maximum Gasteiger partial charge on any atom is 0.407 e. The van der Waals surface area contributed by atoms with Crippen molar-refractivity contribution in [3.05, 3.63) is 113 Å². The molecule has 0 spiro atoms. The van der Waals surface area contributed by atoms with Gasteiger partial charge in [-0.1, -0.05) is 38.1 Å². The highest BCUT2D eigenvalue weighted by Crippen LogP contribution is 2.37. The Hall–Kier alpha value is -10.9. The van der Waals surface area contributed by atoms with Gasteiger partial charge in [0.1, 0.15) is 46.7 Å². The first-order valence-electron chi connectivity index (χ1n) is 29.9. The van der Waals surface area contributed by atoms with Crippen LogP contribution in [0.4, 0.5) is 21.2 Å². The number of aromatic nitrogens is 9. The maximum atomic E-state index is 14.0. The molecule has 30 nitrogen and oxygen atoms in total. The molecule has 92 heavy (non-hydrogen) atoms. The first-order chi connectivity index (χ1) is 44.1. The summed E-state index contributed by atoms with van der Waals surface area (Å²) in [6.07, 6.45) is 5.47. The van der Waals surface area contributed by atoms with E-state index in [4.69, 9.17) is 52.1 Å². The van der Waals surface area contributed by atoms with Crippen LogP contribution >= 0.6 is 0 Å². The van der Waals surface area contributed by atoms with Crippen LogP contribution in [0, 0.1) is 19.8 Å². The van der Waals surface area contributed by atoms with Gasteiger partial charge in [-0.05, 0) is 107 Å². The third-order valence-electron chi connectivity index (χ3n) is 14.8. The zero-order valence-corrected chi connectivity index (χ0v) is 52.3. The summed E-state index contributed by atoms with van der Waals surface area (Å²) in [5.41, 5.74) is 28.4. The zero-order chi connectivity index (χ0) is 66.3. The number of primary amides is 3. The van der Waals surface area contributed by atoms with Gasteiger partial charge in [0.05, 0.1) is 42.2 Å². The number of hydrogen-bond donors (Lipinski definition) is 10. The monoisotopic (exact) mass is 1260 g/mol. The summed E-state index contributed by atoms with van der Waals surface area (Å²) >= 11 is 0. The number of benzene rings is 3. The lowest BCUT2D eigenvalue weighted by atomic mass is 10.0. The fourth-order valence-electron chi connectivity index (χ4n) is 10.1. The highest BCUT2D eigenvalue weighted by Gasteiger charge is 2.27. The number of amides is 9. The second kappa shape index (κ2) is 30.5. The minimum absolute atomic E-state index is 0.0358. The Labute approximate surface area is 528 Å². The molecule has 0 aliphatic rings. The minimum atomic E-state index is -0.953. The lowest BCUT2D eigenvalue weighted by Gasteiger charge is -2.22. The first kappa shape index (κ1) is 67.0. The van der Waals surface area contributed by atoms with Gasteiger partial charge in [-0.25, -0.2) is 24.5 Å². The molecule has 5 aromatic heterocycles. The third-order valence-corrected chi connectivity index (χ3v) is 14.8. The summed E-state index contributed by atoms with van der Waals surface area (Å²) in [5.74, 6) is -2.24. The maximum absolute atomic E-state index is 14.0. The minimum Gasteiger partial charge on any atom is -0.495 e. The van der Waals surface area contributed by atoms with Gasteiger partial charge in [0.15, 0.2) is 5.82 Å². The van der Waals surface area contributed by atoms with E-state index in [1.54, 1.807) is 78.7 Å². The van der Waals surface area contributed by atoms with Gasteiger partial charge in [-0.15, -0.1) is 0 Å². The molecule has 14 N–H and O–H groups in total. The molecule has 0 radical (unpaired) electrons. The predicted octanol–water partition coefficient (Wildman–Crippen LogP) is 4.42. The number of allylic oxidation sites excluding steroid dienone is 2. The van der Waals surface area contributed by atoms with Gasteiger partial charge >= 0.3 is 12.1 Å². The Balaban J connectivity index is 0.912. The number of ether oxygens (including phenoxy) is 3. The van der Waals surface area contributed by atoms with Crippen LogP contribution in [0.15, 0.2) is 79.0 Å². The zero-order valence-electron chi connectivity index (χ0n) is 52.3. The van der Waals surface area contributed by atoms with E-state index in [1.165, 1.54) is 19.2 Å². The molecule has 0 saturated heterocycles. The summed E-state index contributed by atoms with van der Waals surface area (Å²) in [4.78, 5) is 117. The van der Waals surface area contributed by atoms with Gasteiger partial charge in [0, 0.05) is 86.0 Å². The van der Waals surface area contributed by atoms with Crippen LogP contribution in [-0.2, 0) is 51.9 Å². The van der Waals surface area contributed by atoms with Crippen molar-refractivity contribution in [3.63, 3.8) is 0 Å². The van der Waals surface area contributed by atoms with E-state index >= 15 is 0 Å². The lowest BCUT2D eigenvalue weighted by Crippen LogP contribution is -2.51. The number of hydrogen-bond acceptors (Lipinski definition) is 17. The quantitative estimate of drug-likeness (QED) is 0.0212. The molecular weight excluding hydrogens is 1190 g/mol. The number of nitrogens with zero attached hydrogens (tertiary/aromatic N) is 9. The molecule has 5 heterocycles. The van der Waals surface area contributed by atoms with Crippen LogP contribution in [0.3, 0.4) is 0 Å². The summed E-state index contributed by atoms with van der Waals surface area (Å²) in [5, 5.41) is 26.5. The van der Waals surface area contributed by atoms with Gasteiger partial charge in [0.25, 0.3) is 5.91 Å². The van der Waals surface area contributed by atoms with Crippen LogP contribution in [-0.4, -0.2) is 137 Å². The number of methoxy groups -OCH3 is 1. The molecule has 486 valence electrons. The average molecular weight is 1260 g/mol. The van der Waals surface area contributed by atoms with Crippen LogP contribution in [0.1, 0.15) is 102 Å². The molecule has 2 unspecified atom stereocenters. The van der Waals surface area contributed by atoms with E-state index in [0.29, 0.717) is 87.6 Å². The summed E-state index contributed by atoms with van der Waals surface area (Å²) < 4.78 is 24.6. The molecule has 0 bridgehead atoms. The number of imidazole rings is 1. The summed E-state index contributed by atoms with van der Waals surface area (Å²) in [7, 11) is 1.50. The Morgan fingerprint density at radius 1 is 0.707 bits per heavy atom. The second-order valence-electron chi connectivity index (χ2n) is 21.9. The molecule has 30 heteroatoms. The average Bonchev–Trinajstić information content (AvgIpc) is 1.59. The van der Waals surface area contributed by atoms with Gasteiger partial charge in [-0.2, -0.15) is 10.2 Å². The van der Waals surface area contributed by atoms with Crippen molar-refractivity contribution in [3.8, 4) is 23.0 Å². The second-order valence-corrected chi connectivity index (χ2v) is 21.9. The van der Waals surface area contributed by atoms with Crippen molar-refractivity contribution in [2.24, 2.45) is 28.9 Å². The Morgan fingerprint density at radius 2 is 1.38 bits per heavy atom. The van der Waals surface area contributed by atoms with Crippen LogP contribution in [0.2, 0.25) is 0 Å². The molecular formula is C62H77N19O11. The molecule has 9 amide bonds. The highest BCUT2D eigenvalue weighted by atomic mass is 16.5. The van der Waals surface area contributed by atoms with Crippen molar-refractivity contribution < 1.29 is 52.6 Å². The van der Waals surface area contributed by atoms with Crippen LogP contribution in [0.25, 0.3) is 44.5 Å². The van der Waals surface area contributed by atoms with E-state index in [2.05, 4.69) is 42.1 Å². The van der Waals surface area contributed by atoms with Crippen molar-refractivity contribution >= 4 is 92.2 Å². The highest BCUT2D eigenvalue weighted by molar-refractivity contribution is 6.12. The number of carbonyl (C=O) groups is 8. The van der Waals surface area contributed by atoms with Crippen LogP contribution < -0.4 is 64.3 Å². The predicted molar refractivity (Wildman–Crippen MR) is 342 cm³/mol. The number of fused-ring (bicyclic) bond motifs is 4. The third kappa shape index (κ3) is 16.5. The fourth-order valence-corrected chi connectivity index (χ4v) is 10.1. The summed E-state index contributed by atoms with van der Waals surface area (Å²) in [6.45, 7) is 12.7. The van der Waals surface area contributed by atoms with E-state index in [0.717, 1.165) is 11.4 Å². The van der Waals surface area contributed by atoms with E-state index in [-0.39, 0.29) is 98.9 Å². The number of urea groups is 1. The normalized spacial score (nSPS) is 12.1. The molecule has 0 aliphatic carbocycles. The largest absolute Gasteiger partial charge is 0.495 e. The van der Waals surface area contributed by atoms with Crippen molar-refractivity contribution in [1.29, 1.82) is 0 Å². The number of rotatable bonds is 31. The van der Waals surface area contributed by atoms with Crippen LogP contribution in [0.5, 0.6) is 11.5 Å². The van der Waals surface area contributed by atoms with E-state index < -0.39 is 53.7 Å². The number of aryl methyl sites for hydroxylation is 4. The van der Waals surface area contributed by atoms with Crippen molar-refractivity contribution in [2.45, 2.75) is 112 Å². The van der Waals surface area contributed by atoms with E-state index in [9.17, 15) is 38.4 Å². The number of nitrogens with two attached hydrogens (primary N) is 4. The molecule has 0 aliphatic heterocycles. The van der Waals surface area contributed by atoms with Gasteiger partial charge in [-0.3, -0.25) is 43.4 Å². The van der Waals surface area contributed by atoms with Gasteiger partial charge < -0.3 is 72.9 Å². The van der Waals surface area contributed by atoms with E-state index in [1.807, 2.05) is 48.2 Å². The fraction of sp³-hybridized carbons (Fsp3) is 0.371. The standard InChI is InChI=1S/C62H77N19O11/c1-8-80-45(26-35(5)76-80)55-70-32-42-41-28-38(53(64)83)30-47(90-7)51(41)78(56(42)74-55)23-10-11-24-79-52-44(73-61(79)75-58(86)46-27-36(6)77-81(46)9-2)29-39(54(65)84)31-48(52)91-25-13-21-67-49(82)19-22-69-62(89)92-33-37-15-17-40(18-16-37)71-57(85)43(14-12-20-68-60(66)88)72-59(87)50(63)34(3)4/h10-11,15-18,26-32,34,43,50H,8-9,12-14,19-25,33,63H2,1-7H3,(H2,64,83)(H2,65,84)(H,67,82)(H,69,89)(H,71,85)(H,72,87)(H3,66,68,88)(H,73,75,86)/b11-10+. The first-order valence-corrected chi connectivity index (χ1v) is 29.9. The smallest absolute Gasteiger partial charge is 0.407 e. The molecule has 8 rings (SSSR count). The topological polar surface area (TPSA) is 425 Å². The van der Waals surface area contributed by atoms with Crippen molar-refractivity contribution in [2.75, 3.05) is 44.0 Å². The Morgan fingerprint density at radius 3 is 2.07 bits per heavy atom. The summed E-state index contributed by atoms with van der Waals surface area (Å²) in [6, 6.07) is 13.8. The SMILES string of the molecule is CCn1nc(C)cc1C(=O)Nc1nc2cc(C(N)=O)cc(OCCCNC(=O)CCNC(=O)OCc3ccc(NC(=O)C(CCCNC(N)=O)NC(=O)C(N)C(C)C)cc3)c2n1C/C=C/Cn1c2nc(-c3cc(C)nn3CC)ncc2c2cc(C(N)=O)cc(OC)c21. The number of carbonyl (C=O) groups excluding carboxylic acids is 8. The molecule has 0 fully saturated rings.